The second-order valence-corrected chi connectivity index (χ2v) is 10.00. The molecule has 0 aromatic heterocycles. The molecule has 0 N–H and O–H groups in total. The highest BCUT2D eigenvalue weighted by atomic mass is 16.8. The second kappa shape index (κ2) is 9.33. The van der Waals surface area contributed by atoms with E-state index in [-0.39, 0.29) is 5.41 Å². The molecule has 0 amide bonds. The summed E-state index contributed by atoms with van der Waals surface area (Å²) in [6.07, 6.45) is 8.76. The maximum absolute atomic E-state index is 10.9. The summed E-state index contributed by atoms with van der Waals surface area (Å²) in [6.45, 7) is 1.75. The molecule has 2 aromatic rings. The largest absolute Gasteiger partial charge is 0.441 e. The molecular formula is C29H32O4. The van der Waals surface area contributed by atoms with E-state index < -0.39 is 6.48 Å². The Morgan fingerprint density at radius 1 is 0.970 bits per heavy atom. The molecule has 33 heavy (non-hydrogen) atoms. The highest BCUT2D eigenvalue weighted by Gasteiger charge is 2.52. The molecule has 4 aliphatic carbocycles. The van der Waals surface area contributed by atoms with Crippen LogP contribution in [0.1, 0.15) is 72.5 Å². The fourth-order valence-electron chi connectivity index (χ4n) is 6.74. The summed E-state index contributed by atoms with van der Waals surface area (Å²) in [4.78, 5) is 10.9. The van der Waals surface area contributed by atoms with Gasteiger partial charge in [-0.25, -0.2) is 0 Å². The lowest BCUT2D eigenvalue weighted by molar-refractivity contribution is -0.231. The zero-order chi connectivity index (χ0) is 22.8. The van der Waals surface area contributed by atoms with Crippen LogP contribution in [0.3, 0.4) is 0 Å². The van der Waals surface area contributed by atoms with Crippen molar-refractivity contribution in [2.45, 2.75) is 57.3 Å². The predicted octanol–water partition coefficient (Wildman–Crippen LogP) is 5.71. The van der Waals surface area contributed by atoms with E-state index in [2.05, 4.69) is 17.9 Å². The Morgan fingerprint density at radius 3 is 2.15 bits per heavy atom. The molecule has 2 aromatic carbocycles. The van der Waals surface area contributed by atoms with Gasteiger partial charge < -0.3 is 14.2 Å². The number of ether oxygens (including phenoxy) is 3. The van der Waals surface area contributed by atoms with Crippen molar-refractivity contribution in [1.29, 1.82) is 0 Å². The van der Waals surface area contributed by atoms with E-state index in [0.29, 0.717) is 12.2 Å². The molecule has 6 rings (SSSR count). The lowest BCUT2D eigenvalue weighted by atomic mass is 9.48. The van der Waals surface area contributed by atoms with Crippen LogP contribution in [0.15, 0.2) is 42.5 Å². The summed E-state index contributed by atoms with van der Waals surface area (Å²) in [6, 6.07) is 13.7. The molecule has 0 saturated heterocycles. The van der Waals surface area contributed by atoms with Gasteiger partial charge in [0.1, 0.15) is 12.0 Å². The van der Waals surface area contributed by atoms with E-state index in [9.17, 15) is 4.79 Å². The van der Waals surface area contributed by atoms with E-state index in [1.54, 1.807) is 19.2 Å². The van der Waals surface area contributed by atoms with Crippen LogP contribution in [0.25, 0.3) is 0 Å². The zero-order valence-electron chi connectivity index (χ0n) is 19.5. The van der Waals surface area contributed by atoms with Gasteiger partial charge in [0.2, 0.25) is 0 Å². The van der Waals surface area contributed by atoms with Crippen LogP contribution in [0.2, 0.25) is 0 Å². The normalized spacial score (nSPS) is 28.1. The van der Waals surface area contributed by atoms with Crippen molar-refractivity contribution >= 4 is 6.29 Å². The Morgan fingerprint density at radius 2 is 1.58 bits per heavy atom. The molecule has 4 heteroatoms. The van der Waals surface area contributed by atoms with Crippen LogP contribution in [-0.2, 0) is 14.9 Å². The third-order valence-corrected chi connectivity index (χ3v) is 7.71. The summed E-state index contributed by atoms with van der Waals surface area (Å²) >= 11 is 0. The van der Waals surface area contributed by atoms with Crippen molar-refractivity contribution in [2.24, 2.45) is 17.8 Å². The number of carbonyl (C=O) groups is 1. The number of carbonyl (C=O) groups excluding carboxylic acids is 1. The smallest absolute Gasteiger partial charge is 0.315 e. The first-order valence-corrected chi connectivity index (χ1v) is 12.1. The summed E-state index contributed by atoms with van der Waals surface area (Å²) in [7, 11) is 1.61. The second-order valence-electron chi connectivity index (χ2n) is 10.00. The van der Waals surface area contributed by atoms with Gasteiger partial charge in [0.25, 0.3) is 0 Å². The highest BCUT2D eigenvalue weighted by molar-refractivity contribution is 5.74. The number of rotatable bonds is 7. The van der Waals surface area contributed by atoms with Gasteiger partial charge in [-0.3, -0.25) is 4.79 Å². The van der Waals surface area contributed by atoms with Gasteiger partial charge >= 0.3 is 6.48 Å². The van der Waals surface area contributed by atoms with Gasteiger partial charge in [-0.05, 0) is 98.9 Å². The van der Waals surface area contributed by atoms with E-state index in [1.807, 2.05) is 31.2 Å². The minimum atomic E-state index is -0.712. The maximum Gasteiger partial charge on any atom is 0.315 e. The quantitative estimate of drug-likeness (QED) is 0.312. The molecule has 0 radical (unpaired) electrons. The standard InChI is InChI=1S/C29H32O4/c1-3-32-28(31-2)33-27-11-10-21(7-4-20-5-8-22(19-30)9-6-20)15-26(27)29-16-23-12-24(17-29)14-25(13-23)18-29/h5-6,8-11,15,19,23-25,28H,3,12-14,16-18H2,1-2H3. The fraction of sp³-hybridized carbons (Fsp3) is 0.483. The van der Waals surface area contributed by atoms with Crippen molar-refractivity contribution in [1.82, 2.24) is 0 Å². The van der Waals surface area contributed by atoms with Crippen molar-refractivity contribution in [2.75, 3.05) is 13.7 Å². The van der Waals surface area contributed by atoms with Crippen LogP contribution < -0.4 is 4.74 Å². The van der Waals surface area contributed by atoms with E-state index in [4.69, 9.17) is 14.2 Å². The summed E-state index contributed by atoms with van der Waals surface area (Å²) in [5.41, 5.74) is 3.98. The zero-order valence-corrected chi connectivity index (χ0v) is 19.5. The van der Waals surface area contributed by atoms with Crippen LogP contribution in [0.4, 0.5) is 0 Å². The predicted molar refractivity (Wildman–Crippen MR) is 127 cm³/mol. The number of hydrogen-bond acceptors (Lipinski definition) is 4. The lowest BCUT2D eigenvalue weighted by Crippen LogP contribution is -2.48. The molecule has 4 bridgehead atoms. The van der Waals surface area contributed by atoms with Gasteiger partial charge in [-0.2, -0.15) is 0 Å². The SMILES string of the molecule is CCOC(OC)Oc1ccc(C#Cc2ccc(C=O)cc2)cc1C12CC3CC(CC(C3)C1)C2. The molecule has 1 atom stereocenters. The lowest BCUT2D eigenvalue weighted by Gasteiger charge is -2.57. The molecular weight excluding hydrogens is 412 g/mol. The van der Waals surface area contributed by atoms with Crippen LogP contribution in [0, 0.1) is 29.6 Å². The van der Waals surface area contributed by atoms with Crippen molar-refractivity contribution in [3.63, 3.8) is 0 Å². The van der Waals surface area contributed by atoms with Crippen molar-refractivity contribution in [3.05, 3.63) is 64.7 Å². The maximum atomic E-state index is 10.9. The highest BCUT2D eigenvalue weighted by Crippen LogP contribution is 2.62. The molecule has 172 valence electrons. The Labute approximate surface area is 196 Å². The summed E-state index contributed by atoms with van der Waals surface area (Å²) < 4.78 is 17.3. The van der Waals surface area contributed by atoms with Crippen LogP contribution >= 0.6 is 0 Å². The number of aldehydes is 1. The van der Waals surface area contributed by atoms with Gasteiger partial charge in [-0.1, -0.05) is 24.0 Å². The van der Waals surface area contributed by atoms with Crippen LogP contribution in [0.5, 0.6) is 5.75 Å². The molecule has 4 fully saturated rings. The van der Waals surface area contributed by atoms with Crippen LogP contribution in [-0.4, -0.2) is 26.5 Å². The Hall–Kier alpha value is -2.61. The first-order valence-electron chi connectivity index (χ1n) is 12.1. The molecule has 4 aliphatic rings. The third kappa shape index (κ3) is 4.58. The molecule has 0 heterocycles. The third-order valence-electron chi connectivity index (χ3n) is 7.71. The van der Waals surface area contributed by atoms with E-state index in [1.165, 1.54) is 44.1 Å². The molecule has 0 aliphatic heterocycles. The van der Waals surface area contributed by atoms with Crippen molar-refractivity contribution < 1.29 is 19.0 Å². The molecule has 4 nitrogen and oxygen atoms in total. The number of methoxy groups -OCH3 is 1. The number of benzene rings is 2. The van der Waals surface area contributed by atoms with Crippen molar-refractivity contribution in [3.8, 4) is 17.6 Å². The van der Waals surface area contributed by atoms with Gasteiger partial charge in [0.15, 0.2) is 0 Å². The Bertz CT molecular complexity index is 1020. The fourth-order valence-corrected chi connectivity index (χ4v) is 6.74. The average Bonchev–Trinajstić information content (AvgIpc) is 2.82. The van der Waals surface area contributed by atoms with E-state index >= 15 is 0 Å². The molecule has 4 saturated carbocycles. The Kier molecular flexibility index (Phi) is 6.27. The van der Waals surface area contributed by atoms with E-state index in [0.717, 1.165) is 40.9 Å². The average molecular weight is 445 g/mol. The first-order chi connectivity index (χ1) is 16.1. The van der Waals surface area contributed by atoms with Gasteiger partial charge in [0.05, 0.1) is 6.61 Å². The minimum absolute atomic E-state index is 0.165. The summed E-state index contributed by atoms with van der Waals surface area (Å²) in [5.74, 6) is 9.94. The monoisotopic (exact) mass is 444 g/mol. The molecule has 1 unspecified atom stereocenters. The first kappa shape index (κ1) is 22.2. The van der Waals surface area contributed by atoms with Gasteiger partial charge in [0, 0.05) is 29.4 Å². The van der Waals surface area contributed by atoms with Gasteiger partial charge in [-0.15, -0.1) is 0 Å². The molecule has 0 spiro atoms. The number of hydrogen-bond donors (Lipinski definition) is 0. The summed E-state index contributed by atoms with van der Waals surface area (Å²) in [5, 5.41) is 0. The Balaban J connectivity index is 1.50. The topological polar surface area (TPSA) is 44.8 Å². The minimum Gasteiger partial charge on any atom is -0.441 e.